The van der Waals surface area contributed by atoms with Crippen molar-refractivity contribution in [2.24, 2.45) is 0 Å². The molecule has 0 aliphatic carbocycles. The zero-order chi connectivity index (χ0) is 12.8. The fourth-order valence-corrected chi connectivity index (χ4v) is 1.46. The molecule has 0 aliphatic heterocycles. The Labute approximate surface area is 99.8 Å². The van der Waals surface area contributed by atoms with Gasteiger partial charge in [0.2, 0.25) is 11.9 Å². The fraction of sp³-hybridized carbons (Fsp3) is 0.600. The number of anilines is 1. The van der Waals surface area contributed by atoms with Crippen LogP contribution in [0.5, 0.6) is 0 Å². The number of carbonyl (C=O) groups excluding carboxylic acids is 1. The first-order chi connectivity index (χ1) is 8.04. The van der Waals surface area contributed by atoms with E-state index >= 15 is 0 Å². The van der Waals surface area contributed by atoms with E-state index in [1.165, 1.54) is 11.0 Å². The Bertz CT molecular complexity index is 419. The predicted molar refractivity (Wildman–Crippen MR) is 61.5 cm³/mol. The standard InChI is InChI=1S/C10H16N6O/c1-8(2)16(5-3-4-11)9(17)6-15-7-13-10(12)14-15/h7-8H,3,5-6H2,1-2H3,(H2,12,14). The van der Waals surface area contributed by atoms with Gasteiger partial charge in [0, 0.05) is 12.6 Å². The van der Waals surface area contributed by atoms with Crippen LogP contribution in [0.25, 0.3) is 0 Å². The second kappa shape index (κ2) is 5.84. The molecule has 0 fully saturated rings. The molecule has 1 aromatic heterocycles. The number of rotatable bonds is 5. The molecule has 1 amide bonds. The maximum atomic E-state index is 12.0. The van der Waals surface area contributed by atoms with Crippen molar-refractivity contribution in [1.82, 2.24) is 19.7 Å². The normalized spacial score (nSPS) is 10.2. The summed E-state index contributed by atoms with van der Waals surface area (Å²) in [6.07, 6.45) is 1.74. The molecule has 0 unspecified atom stereocenters. The minimum absolute atomic E-state index is 0.0525. The molecule has 0 aromatic carbocycles. The molecule has 1 aromatic rings. The highest BCUT2D eigenvalue weighted by atomic mass is 16.2. The van der Waals surface area contributed by atoms with Gasteiger partial charge < -0.3 is 10.6 Å². The Morgan fingerprint density at radius 1 is 1.71 bits per heavy atom. The van der Waals surface area contributed by atoms with Crippen LogP contribution >= 0.6 is 0 Å². The number of nitrogens with two attached hydrogens (primary N) is 1. The molecule has 0 bridgehead atoms. The summed E-state index contributed by atoms with van der Waals surface area (Å²) in [6, 6.07) is 2.08. The Kier molecular flexibility index (Phi) is 4.46. The van der Waals surface area contributed by atoms with Gasteiger partial charge in [0.05, 0.1) is 12.5 Å². The van der Waals surface area contributed by atoms with Crippen LogP contribution in [0, 0.1) is 11.3 Å². The van der Waals surface area contributed by atoms with Crippen LogP contribution in [0.15, 0.2) is 6.33 Å². The van der Waals surface area contributed by atoms with E-state index in [4.69, 9.17) is 11.0 Å². The van der Waals surface area contributed by atoms with Gasteiger partial charge >= 0.3 is 0 Å². The monoisotopic (exact) mass is 236 g/mol. The molecule has 0 radical (unpaired) electrons. The molecule has 7 nitrogen and oxygen atoms in total. The van der Waals surface area contributed by atoms with E-state index in [-0.39, 0.29) is 24.4 Å². The summed E-state index contributed by atoms with van der Waals surface area (Å²) in [5, 5.41) is 12.4. The van der Waals surface area contributed by atoms with Gasteiger partial charge in [-0.25, -0.2) is 9.67 Å². The van der Waals surface area contributed by atoms with Gasteiger partial charge in [0.25, 0.3) is 0 Å². The van der Waals surface area contributed by atoms with Crippen molar-refractivity contribution in [2.45, 2.75) is 32.9 Å². The Hall–Kier alpha value is -2.10. The van der Waals surface area contributed by atoms with Crippen LogP contribution in [0.2, 0.25) is 0 Å². The van der Waals surface area contributed by atoms with Crippen molar-refractivity contribution in [1.29, 1.82) is 5.26 Å². The molecule has 0 aliphatic rings. The van der Waals surface area contributed by atoms with Crippen LogP contribution in [0.3, 0.4) is 0 Å². The molecule has 0 atom stereocenters. The smallest absolute Gasteiger partial charge is 0.244 e. The molecule has 7 heteroatoms. The molecule has 0 spiro atoms. The lowest BCUT2D eigenvalue weighted by Crippen LogP contribution is -2.39. The SMILES string of the molecule is CC(C)N(CCC#N)C(=O)Cn1cnc(N)n1. The summed E-state index contributed by atoms with van der Waals surface area (Å²) < 4.78 is 1.39. The van der Waals surface area contributed by atoms with Gasteiger partial charge in [-0.1, -0.05) is 0 Å². The largest absolute Gasteiger partial charge is 0.367 e. The molecular weight excluding hydrogens is 220 g/mol. The van der Waals surface area contributed by atoms with E-state index in [9.17, 15) is 4.79 Å². The van der Waals surface area contributed by atoms with Gasteiger partial charge in [0.15, 0.2) is 0 Å². The summed E-state index contributed by atoms with van der Waals surface area (Å²) in [5.41, 5.74) is 5.36. The van der Waals surface area contributed by atoms with E-state index in [2.05, 4.69) is 10.1 Å². The van der Waals surface area contributed by atoms with Crippen LogP contribution < -0.4 is 5.73 Å². The minimum Gasteiger partial charge on any atom is -0.367 e. The van der Waals surface area contributed by atoms with Crippen molar-refractivity contribution < 1.29 is 4.79 Å². The number of carbonyl (C=O) groups is 1. The van der Waals surface area contributed by atoms with Gasteiger partial charge in [-0.3, -0.25) is 4.79 Å². The molecule has 0 saturated heterocycles. The summed E-state index contributed by atoms with van der Waals surface area (Å²) in [5.74, 6) is 0.0473. The van der Waals surface area contributed by atoms with E-state index in [0.717, 1.165) is 0 Å². The highest BCUT2D eigenvalue weighted by molar-refractivity contribution is 5.76. The first-order valence-corrected chi connectivity index (χ1v) is 5.36. The predicted octanol–water partition coefficient (Wildman–Crippen LogP) is 0.0110. The lowest BCUT2D eigenvalue weighted by atomic mass is 10.3. The molecular formula is C10H16N6O. The summed E-state index contributed by atoms with van der Waals surface area (Å²) in [4.78, 5) is 17.3. The van der Waals surface area contributed by atoms with Crippen molar-refractivity contribution in [3.8, 4) is 6.07 Å². The molecule has 92 valence electrons. The van der Waals surface area contributed by atoms with Crippen LogP contribution in [-0.2, 0) is 11.3 Å². The van der Waals surface area contributed by atoms with Gasteiger partial charge in [-0.15, -0.1) is 5.10 Å². The zero-order valence-electron chi connectivity index (χ0n) is 10.00. The number of nitrogen functional groups attached to an aromatic ring is 1. The Morgan fingerprint density at radius 2 is 2.41 bits per heavy atom. The van der Waals surface area contributed by atoms with Crippen molar-refractivity contribution in [3.05, 3.63) is 6.33 Å². The topological polar surface area (TPSA) is 101 Å². The summed E-state index contributed by atoms with van der Waals surface area (Å²) in [7, 11) is 0. The minimum atomic E-state index is -0.0971. The van der Waals surface area contributed by atoms with Crippen molar-refractivity contribution >= 4 is 11.9 Å². The maximum absolute atomic E-state index is 12.0. The first-order valence-electron chi connectivity index (χ1n) is 5.36. The van der Waals surface area contributed by atoms with Crippen LogP contribution in [-0.4, -0.2) is 38.2 Å². The average molecular weight is 236 g/mol. The first kappa shape index (κ1) is 13.0. The highest BCUT2D eigenvalue weighted by Gasteiger charge is 2.17. The highest BCUT2D eigenvalue weighted by Crippen LogP contribution is 2.02. The quantitative estimate of drug-likeness (QED) is 0.776. The van der Waals surface area contributed by atoms with E-state index < -0.39 is 0 Å². The number of aromatic nitrogens is 3. The summed E-state index contributed by atoms with van der Waals surface area (Å²) in [6.45, 7) is 4.33. The third-order valence-corrected chi connectivity index (χ3v) is 2.26. The average Bonchev–Trinajstić information content (AvgIpc) is 2.64. The molecule has 0 saturated carbocycles. The number of amides is 1. The number of nitrogens with zero attached hydrogens (tertiary/aromatic N) is 5. The third kappa shape index (κ3) is 3.75. The van der Waals surface area contributed by atoms with Crippen LogP contribution in [0.4, 0.5) is 5.95 Å². The van der Waals surface area contributed by atoms with Gasteiger partial charge in [-0.05, 0) is 13.8 Å². The second-order valence-electron chi connectivity index (χ2n) is 3.89. The number of hydrogen-bond donors (Lipinski definition) is 1. The molecule has 2 N–H and O–H groups in total. The van der Waals surface area contributed by atoms with Crippen LogP contribution in [0.1, 0.15) is 20.3 Å². The Balaban J connectivity index is 2.62. The molecule has 17 heavy (non-hydrogen) atoms. The zero-order valence-corrected chi connectivity index (χ0v) is 10.00. The molecule has 1 rings (SSSR count). The van der Waals surface area contributed by atoms with Gasteiger partial charge in [0.1, 0.15) is 12.9 Å². The van der Waals surface area contributed by atoms with E-state index in [0.29, 0.717) is 13.0 Å². The van der Waals surface area contributed by atoms with Crippen molar-refractivity contribution in [3.63, 3.8) is 0 Å². The van der Waals surface area contributed by atoms with Crippen molar-refractivity contribution in [2.75, 3.05) is 12.3 Å². The fourth-order valence-electron chi connectivity index (χ4n) is 1.46. The number of nitriles is 1. The lowest BCUT2D eigenvalue weighted by molar-refractivity contribution is -0.133. The molecule has 1 heterocycles. The lowest BCUT2D eigenvalue weighted by Gasteiger charge is -2.25. The Morgan fingerprint density at radius 3 is 2.88 bits per heavy atom. The van der Waals surface area contributed by atoms with E-state index in [1.54, 1.807) is 4.90 Å². The third-order valence-electron chi connectivity index (χ3n) is 2.26. The number of hydrogen-bond acceptors (Lipinski definition) is 5. The second-order valence-corrected chi connectivity index (χ2v) is 3.89. The van der Waals surface area contributed by atoms with E-state index in [1.807, 2.05) is 19.9 Å². The van der Waals surface area contributed by atoms with Gasteiger partial charge in [-0.2, -0.15) is 5.26 Å². The maximum Gasteiger partial charge on any atom is 0.244 e. The summed E-state index contributed by atoms with van der Waals surface area (Å²) >= 11 is 0.